The Bertz CT molecular complexity index is 156. The van der Waals surface area contributed by atoms with Crippen LogP contribution in [0.3, 0.4) is 0 Å². The van der Waals surface area contributed by atoms with Crippen molar-refractivity contribution >= 4 is 5.97 Å². The van der Waals surface area contributed by atoms with Gasteiger partial charge >= 0.3 is 5.97 Å². The van der Waals surface area contributed by atoms with Crippen LogP contribution in [0.4, 0.5) is 0 Å². The Balaban J connectivity index is 0. The average Bonchev–Trinajstić information content (AvgIpc) is 2.05. The summed E-state index contributed by atoms with van der Waals surface area (Å²) < 4.78 is 1.14. The van der Waals surface area contributed by atoms with Gasteiger partial charge in [-0.05, 0) is 20.8 Å². The normalized spacial score (nSPS) is 9.92. The van der Waals surface area contributed by atoms with Gasteiger partial charge in [0.05, 0.1) is 27.2 Å². The molecule has 0 saturated carbocycles. The van der Waals surface area contributed by atoms with Crippen molar-refractivity contribution in [2.24, 2.45) is 0 Å². The fourth-order valence-corrected chi connectivity index (χ4v) is 0.224. The lowest BCUT2D eigenvalue weighted by Gasteiger charge is -2.25. The van der Waals surface area contributed by atoms with E-state index in [1.165, 1.54) is 20.0 Å². The molecule has 3 nitrogen and oxygen atoms in total. The maximum absolute atomic E-state index is 9.60. The van der Waals surface area contributed by atoms with Gasteiger partial charge in [0.2, 0.25) is 0 Å². The van der Waals surface area contributed by atoms with E-state index in [0.29, 0.717) is 0 Å². The number of quaternary nitrogens is 1. The van der Waals surface area contributed by atoms with Crippen LogP contribution < -0.4 is 0 Å². The van der Waals surface area contributed by atoms with Crippen LogP contribution in [0.2, 0.25) is 0 Å². The van der Waals surface area contributed by atoms with Crippen LogP contribution in [0.25, 0.3) is 0 Å². The molecule has 0 saturated heterocycles. The summed E-state index contributed by atoms with van der Waals surface area (Å²) in [7, 11) is 4.47. The van der Waals surface area contributed by atoms with Gasteiger partial charge in [0.1, 0.15) is 0 Å². The zero-order valence-electron chi connectivity index (χ0n) is 9.42. The van der Waals surface area contributed by atoms with Crippen molar-refractivity contribution in [3.8, 4) is 0 Å². The van der Waals surface area contributed by atoms with Gasteiger partial charge in [-0.25, -0.2) is 4.79 Å². The number of hydrogen-bond acceptors (Lipinski definition) is 1. The maximum Gasteiger partial charge on any atom is 0.330 e. The molecule has 13 heavy (non-hydrogen) atoms. The Labute approximate surface area is 81.3 Å². The predicted molar refractivity (Wildman–Crippen MR) is 55.6 cm³/mol. The molecular formula is C10H22NO2+. The van der Waals surface area contributed by atoms with Crippen molar-refractivity contribution in [1.29, 1.82) is 0 Å². The summed E-state index contributed by atoms with van der Waals surface area (Å²) in [5, 5.41) is 7.89. The first-order valence-corrected chi connectivity index (χ1v) is 4.47. The molecular weight excluding hydrogens is 166 g/mol. The molecule has 78 valence electrons. The number of carboxylic acids is 1. The minimum absolute atomic E-state index is 0.176. The fourth-order valence-electron chi connectivity index (χ4n) is 0.224. The highest BCUT2D eigenvalue weighted by Crippen LogP contribution is 1.91. The lowest BCUT2D eigenvalue weighted by molar-refractivity contribution is -0.886. The maximum atomic E-state index is 9.60. The van der Waals surface area contributed by atoms with Gasteiger partial charge in [-0.1, -0.05) is 6.58 Å². The molecule has 3 heteroatoms. The Kier molecular flexibility index (Phi) is 7.52. The van der Waals surface area contributed by atoms with E-state index >= 15 is 0 Å². The van der Waals surface area contributed by atoms with Gasteiger partial charge in [0, 0.05) is 5.57 Å². The van der Waals surface area contributed by atoms with Crippen LogP contribution in [0.5, 0.6) is 0 Å². The molecule has 0 aliphatic heterocycles. The molecule has 0 bridgehead atoms. The third-order valence-corrected chi connectivity index (χ3v) is 2.08. The molecule has 0 fully saturated rings. The molecule has 0 atom stereocenters. The molecule has 0 aromatic heterocycles. The average molecular weight is 188 g/mol. The summed E-state index contributed by atoms with van der Waals surface area (Å²) >= 11 is 0. The van der Waals surface area contributed by atoms with Gasteiger partial charge in [-0.3, -0.25) is 0 Å². The molecule has 0 radical (unpaired) electrons. The van der Waals surface area contributed by atoms with Gasteiger partial charge in [0.15, 0.2) is 0 Å². The van der Waals surface area contributed by atoms with Crippen molar-refractivity contribution in [2.75, 3.05) is 27.2 Å². The molecule has 0 aliphatic carbocycles. The number of carbonyl (C=O) groups is 1. The van der Waals surface area contributed by atoms with E-state index in [0.717, 1.165) is 4.48 Å². The summed E-state index contributed by atoms with van der Waals surface area (Å²) in [5.74, 6) is -0.935. The number of aliphatic carboxylic acids is 1. The first kappa shape index (κ1) is 14.7. The quantitative estimate of drug-likeness (QED) is 0.541. The number of carboxylic acid groups (broad SMARTS) is 1. The third kappa shape index (κ3) is 11.2. The van der Waals surface area contributed by atoms with Crippen molar-refractivity contribution in [2.45, 2.75) is 20.8 Å². The molecule has 0 unspecified atom stereocenters. The monoisotopic (exact) mass is 188 g/mol. The van der Waals surface area contributed by atoms with Crippen LogP contribution in [0, 0.1) is 0 Å². The van der Waals surface area contributed by atoms with Gasteiger partial charge in [-0.2, -0.15) is 0 Å². The highest BCUT2D eigenvalue weighted by atomic mass is 16.4. The Morgan fingerprint density at radius 1 is 1.31 bits per heavy atom. The summed E-state index contributed by atoms with van der Waals surface area (Å²) in [6, 6.07) is 0. The topological polar surface area (TPSA) is 37.3 Å². The van der Waals surface area contributed by atoms with Gasteiger partial charge in [-0.15, -0.1) is 0 Å². The fraction of sp³-hybridized carbons (Fsp3) is 0.700. The van der Waals surface area contributed by atoms with E-state index in [9.17, 15) is 4.79 Å². The second-order valence-electron chi connectivity index (χ2n) is 3.65. The van der Waals surface area contributed by atoms with E-state index in [-0.39, 0.29) is 5.57 Å². The molecule has 0 amide bonds. The molecule has 0 spiro atoms. The molecule has 0 aromatic rings. The van der Waals surface area contributed by atoms with Crippen LogP contribution in [0.1, 0.15) is 20.8 Å². The second kappa shape index (κ2) is 6.66. The van der Waals surface area contributed by atoms with E-state index in [1.807, 2.05) is 0 Å². The Morgan fingerprint density at radius 2 is 1.54 bits per heavy atom. The molecule has 0 aliphatic rings. The zero-order chi connectivity index (χ0) is 11.1. The smallest absolute Gasteiger partial charge is 0.330 e. The van der Waals surface area contributed by atoms with E-state index < -0.39 is 5.97 Å². The SMILES string of the molecule is C=C(C)C(=O)O.CC[N+](C)(C)CC. The van der Waals surface area contributed by atoms with E-state index in [2.05, 4.69) is 34.5 Å². The predicted octanol–water partition coefficient (Wildman–Crippen LogP) is 1.75. The highest BCUT2D eigenvalue weighted by Gasteiger charge is 2.04. The molecule has 0 aromatic carbocycles. The summed E-state index contributed by atoms with van der Waals surface area (Å²) in [4.78, 5) is 9.60. The standard InChI is InChI=1S/C6H16N.C4H6O2/c1-5-7(3,4)6-2;1-3(2)4(5)6/h5-6H2,1-4H3;1H2,2H3,(H,5,6)/q+1;. The van der Waals surface area contributed by atoms with Crippen LogP contribution in [0.15, 0.2) is 12.2 Å². The first-order chi connectivity index (χ1) is 5.76. The van der Waals surface area contributed by atoms with Gasteiger partial charge in [0.25, 0.3) is 0 Å². The molecule has 0 rings (SSSR count). The lowest BCUT2D eigenvalue weighted by Crippen LogP contribution is -2.38. The summed E-state index contributed by atoms with van der Waals surface area (Å²) in [5.41, 5.74) is 0.176. The van der Waals surface area contributed by atoms with Crippen molar-refractivity contribution < 1.29 is 14.4 Å². The Hall–Kier alpha value is -0.830. The largest absolute Gasteiger partial charge is 0.478 e. The number of hydrogen-bond donors (Lipinski definition) is 1. The molecule has 0 heterocycles. The lowest BCUT2D eigenvalue weighted by atomic mass is 10.4. The van der Waals surface area contributed by atoms with Crippen LogP contribution in [-0.4, -0.2) is 42.7 Å². The van der Waals surface area contributed by atoms with E-state index in [4.69, 9.17) is 5.11 Å². The molecule has 1 N–H and O–H groups in total. The Morgan fingerprint density at radius 3 is 1.54 bits per heavy atom. The van der Waals surface area contributed by atoms with Crippen molar-refractivity contribution in [3.63, 3.8) is 0 Å². The first-order valence-electron chi connectivity index (χ1n) is 4.47. The van der Waals surface area contributed by atoms with Crippen molar-refractivity contribution in [3.05, 3.63) is 12.2 Å². The summed E-state index contributed by atoms with van der Waals surface area (Å²) in [6.07, 6.45) is 0. The van der Waals surface area contributed by atoms with Gasteiger partial charge < -0.3 is 9.59 Å². The third-order valence-electron chi connectivity index (χ3n) is 2.08. The van der Waals surface area contributed by atoms with Crippen LogP contribution in [-0.2, 0) is 4.79 Å². The minimum atomic E-state index is -0.935. The number of nitrogens with zero attached hydrogens (tertiary/aromatic N) is 1. The highest BCUT2D eigenvalue weighted by molar-refractivity contribution is 5.84. The van der Waals surface area contributed by atoms with Crippen LogP contribution >= 0.6 is 0 Å². The second-order valence-corrected chi connectivity index (χ2v) is 3.65. The van der Waals surface area contributed by atoms with Crippen molar-refractivity contribution in [1.82, 2.24) is 0 Å². The zero-order valence-corrected chi connectivity index (χ0v) is 9.42. The van der Waals surface area contributed by atoms with E-state index in [1.54, 1.807) is 0 Å². The summed E-state index contributed by atoms with van der Waals surface area (Å²) in [6.45, 7) is 11.5. The number of rotatable bonds is 3. The minimum Gasteiger partial charge on any atom is -0.478 e.